The van der Waals surface area contributed by atoms with Crippen LogP contribution in [0.2, 0.25) is 0 Å². The zero-order valence-electron chi connectivity index (χ0n) is 15.8. The van der Waals surface area contributed by atoms with Crippen LogP contribution in [0.4, 0.5) is 5.69 Å². The van der Waals surface area contributed by atoms with Gasteiger partial charge >= 0.3 is 0 Å². The molecule has 0 bridgehead atoms. The summed E-state index contributed by atoms with van der Waals surface area (Å²) in [5, 5.41) is 27.3. The first kappa shape index (κ1) is 19.8. The summed E-state index contributed by atoms with van der Waals surface area (Å²) in [6.07, 6.45) is 3.21. The summed E-state index contributed by atoms with van der Waals surface area (Å²) < 4.78 is 0. The number of guanidine groups is 1. The lowest BCUT2D eigenvalue weighted by Gasteiger charge is -2.27. The number of nitrogens with zero attached hydrogens (tertiary/aromatic N) is 2. The van der Waals surface area contributed by atoms with Gasteiger partial charge in [0.2, 0.25) is 0 Å². The minimum absolute atomic E-state index is 0.0839. The van der Waals surface area contributed by atoms with E-state index in [1.807, 2.05) is 30.3 Å². The summed E-state index contributed by atoms with van der Waals surface area (Å²) in [6.45, 7) is 1.08. The number of benzene rings is 2. The van der Waals surface area contributed by atoms with E-state index in [1.165, 1.54) is 12.1 Å². The van der Waals surface area contributed by atoms with Crippen molar-refractivity contribution >= 4 is 11.6 Å². The van der Waals surface area contributed by atoms with E-state index in [9.17, 15) is 15.2 Å². The van der Waals surface area contributed by atoms with Gasteiger partial charge in [-0.25, -0.2) is 4.99 Å². The van der Waals surface area contributed by atoms with Crippen molar-refractivity contribution in [1.29, 1.82) is 0 Å². The summed E-state index contributed by atoms with van der Waals surface area (Å²) in [5.74, 6) is 0.712. The second-order valence-corrected chi connectivity index (χ2v) is 7.08. The number of nitrogens with one attached hydrogen (secondary N) is 2. The van der Waals surface area contributed by atoms with Crippen LogP contribution in [-0.2, 0) is 13.1 Å². The molecule has 0 radical (unpaired) electrons. The van der Waals surface area contributed by atoms with Gasteiger partial charge in [0.15, 0.2) is 5.96 Å². The van der Waals surface area contributed by atoms with E-state index in [-0.39, 0.29) is 17.8 Å². The highest BCUT2D eigenvalue weighted by Gasteiger charge is 2.20. The number of nitro groups is 1. The molecule has 0 unspecified atom stereocenters. The molecule has 1 fully saturated rings. The summed E-state index contributed by atoms with van der Waals surface area (Å²) in [5.41, 5.74) is 2.15. The molecule has 28 heavy (non-hydrogen) atoms. The second-order valence-electron chi connectivity index (χ2n) is 7.08. The highest BCUT2D eigenvalue weighted by atomic mass is 16.6. The Hall–Kier alpha value is -2.93. The molecule has 0 aliphatic heterocycles. The maximum Gasteiger partial charge on any atom is 0.269 e. The van der Waals surface area contributed by atoms with Gasteiger partial charge in [0, 0.05) is 24.7 Å². The summed E-state index contributed by atoms with van der Waals surface area (Å²) in [4.78, 5) is 15.1. The average Bonchev–Trinajstić information content (AvgIpc) is 2.72. The Kier molecular flexibility index (Phi) is 6.97. The molecule has 148 valence electrons. The summed E-state index contributed by atoms with van der Waals surface area (Å²) >= 11 is 0. The van der Waals surface area contributed by atoms with Crippen LogP contribution < -0.4 is 10.6 Å². The number of hydrogen-bond acceptors (Lipinski definition) is 4. The number of nitro benzene ring substituents is 1. The van der Waals surface area contributed by atoms with Crippen molar-refractivity contribution in [2.75, 3.05) is 0 Å². The fourth-order valence-electron chi connectivity index (χ4n) is 3.24. The zero-order chi connectivity index (χ0) is 19.8. The van der Waals surface area contributed by atoms with Gasteiger partial charge in [-0.2, -0.15) is 0 Å². The van der Waals surface area contributed by atoms with Gasteiger partial charge in [-0.15, -0.1) is 0 Å². The molecule has 2 aromatic carbocycles. The van der Waals surface area contributed by atoms with Crippen LogP contribution in [0, 0.1) is 10.1 Å². The van der Waals surface area contributed by atoms with Crippen molar-refractivity contribution in [2.24, 2.45) is 4.99 Å². The molecule has 0 heterocycles. The lowest BCUT2D eigenvalue weighted by atomic mass is 9.93. The molecule has 3 N–H and O–H groups in total. The molecule has 1 saturated carbocycles. The maximum absolute atomic E-state index is 10.8. The monoisotopic (exact) mass is 382 g/mol. The van der Waals surface area contributed by atoms with Crippen molar-refractivity contribution < 1.29 is 10.0 Å². The molecule has 0 atom stereocenters. The molecule has 0 saturated heterocycles. The Morgan fingerprint density at radius 1 is 1.04 bits per heavy atom. The third kappa shape index (κ3) is 6.06. The normalized spacial score (nSPS) is 19.8. The molecular weight excluding hydrogens is 356 g/mol. The highest BCUT2D eigenvalue weighted by molar-refractivity contribution is 5.80. The van der Waals surface area contributed by atoms with Gasteiger partial charge < -0.3 is 15.7 Å². The molecule has 1 aliphatic rings. The first-order valence-corrected chi connectivity index (χ1v) is 9.60. The predicted octanol–water partition coefficient (Wildman–Crippen LogP) is 3.13. The Labute approximate surface area is 164 Å². The van der Waals surface area contributed by atoms with Crippen molar-refractivity contribution in [3.8, 4) is 0 Å². The van der Waals surface area contributed by atoms with E-state index in [0.717, 1.165) is 36.8 Å². The summed E-state index contributed by atoms with van der Waals surface area (Å²) in [6, 6.07) is 16.8. The van der Waals surface area contributed by atoms with Crippen LogP contribution in [-0.4, -0.2) is 28.1 Å². The lowest BCUT2D eigenvalue weighted by Crippen LogP contribution is -2.45. The van der Waals surface area contributed by atoms with E-state index in [1.54, 1.807) is 12.1 Å². The third-order valence-electron chi connectivity index (χ3n) is 4.91. The number of non-ortho nitro benzene ring substituents is 1. The fourth-order valence-corrected chi connectivity index (χ4v) is 3.24. The fraction of sp³-hybridized carbons (Fsp3) is 0.381. The average molecular weight is 382 g/mol. The van der Waals surface area contributed by atoms with Crippen molar-refractivity contribution in [1.82, 2.24) is 10.6 Å². The topological polar surface area (TPSA) is 99.8 Å². The van der Waals surface area contributed by atoms with Crippen molar-refractivity contribution in [3.05, 3.63) is 75.8 Å². The minimum atomic E-state index is -0.400. The number of aliphatic hydroxyl groups excluding tert-OH is 1. The van der Waals surface area contributed by atoms with Gasteiger partial charge in [0.05, 0.1) is 17.6 Å². The molecule has 7 heteroatoms. The van der Waals surface area contributed by atoms with Crippen molar-refractivity contribution in [3.63, 3.8) is 0 Å². The Balaban J connectivity index is 1.63. The van der Waals surface area contributed by atoms with Gasteiger partial charge in [-0.3, -0.25) is 10.1 Å². The van der Waals surface area contributed by atoms with Gasteiger partial charge in [-0.05, 0) is 36.8 Å². The Morgan fingerprint density at radius 2 is 1.71 bits per heavy atom. The number of rotatable bonds is 6. The lowest BCUT2D eigenvalue weighted by molar-refractivity contribution is -0.384. The smallest absolute Gasteiger partial charge is 0.269 e. The molecule has 7 nitrogen and oxygen atoms in total. The molecule has 0 spiro atoms. The van der Waals surface area contributed by atoms with E-state index >= 15 is 0 Å². The number of aliphatic imine (C=N–C) groups is 1. The Bertz CT molecular complexity index is 785. The number of aliphatic hydroxyl groups is 1. The van der Waals surface area contributed by atoms with Gasteiger partial charge in [0.1, 0.15) is 0 Å². The van der Waals surface area contributed by atoms with E-state index in [2.05, 4.69) is 10.6 Å². The van der Waals surface area contributed by atoms with Gasteiger partial charge in [0.25, 0.3) is 5.69 Å². The van der Waals surface area contributed by atoms with Crippen LogP contribution >= 0.6 is 0 Å². The largest absolute Gasteiger partial charge is 0.393 e. The molecular formula is C21H26N4O3. The standard InChI is InChI=1S/C21H26N4O3/c26-20-12-8-18(9-13-20)24-21(22-14-16-4-2-1-3-5-16)23-15-17-6-10-19(11-7-17)25(27)28/h1-7,10-11,18,20,26H,8-9,12-15H2,(H2,22,23,24). The molecule has 2 aromatic rings. The third-order valence-corrected chi connectivity index (χ3v) is 4.91. The molecule has 0 aromatic heterocycles. The zero-order valence-corrected chi connectivity index (χ0v) is 15.8. The predicted molar refractivity (Wildman–Crippen MR) is 109 cm³/mol. The van der Waals surface area contributed by atoms with Crippen molar-refractivity contribution in [2.45, 2.75) is 50.9 Å². The first-order valence-electron chi connectivity index (χ1n) is 9.60. The second kappa shape index (κ2) is 9.85. The molecule has 1 aliphatic carbocycles. The Morgan fingerprint density at radius 3 is 2.36 bits per heavy atom. The van der Waals surface area contributed by atoms with E-state index < -0.39 is 4.92 Å². The highest BCUT2D eigenvalue weighted by Crippen LogP contribution is 2.18. The SMILES string of the molecule is O=[N+]([O-])c1ccc(CNC(=NCc2ccccc2)NC2CCC(O)CC2)cc1. The van der Waals surface area contributed by atoms with Crippen LogP contribution in [0.3, 0.4) is 0 Å². The molecule has 3 rings (SSSR count). The first-order chi connectivity index (χ1) is 13.6. The molecule has 0 amide bonds. The van der Waals surface area contributed by atoms with Gasteiger partial charge in [-0.1, -0.05) is 42.5 Å². The van der Waals surface area contributed by atoms with Crippen LogP contribution in [0.5, 0.6) is 0 Å². The van der Waals surface area contributed by atoms with Crippen LogP contribution in [0.25, 0.3) is 0 Å². The van der Waals surface area contributed by atoms with E-state index in [0.29, 0.717) is 19.0 Å². The maximum atomic E-state index is 10.8. The van der Waals surface area contributed by atoms with E-state index in [4.69, 9.17) is 4.99 Å². The quantitative estimate of drug-likeness (QED) is 0.308. The summed E-state index contributed by atoms with van der Waals surface area (Å²) in [7, 11) is 0. The van der Waals surface area contributed by atoms with Crippen LogP contribution in [0.15, 0.2) is 59.6 Å². The minimum Gasteiger partial charge on any atom is -0.393 e. The number of hydrogen-bond donors (Lipinski definition) is 3. The van der Waals surface area contributed by atoms with Crippen LogP contribution in [0.1, 0.15) is 36.8 Å².